The molecule has 1 aromatic carbocycles. The third-order valence-electron chi connectivity index (χ3n) is 3.71. The summed E-state index contributed by atoms with van der Waals surface area (Å²) in [6.07, 6.45) is 0. The van der Waals surface area contributed by atoms with Crippen LogP contribution < -0.4 is 10.1 Å². The van der Waals surface area contributed by atoms with Gasteiger partial charge in [0.2, 0.25) is 0 Å². The molecule has 0 bridgehead atoms. The number of hydrogen-bond donors (Lipinski definition) is 1. The van der Waals surface area contributed by atoms with E-state index in [0.717, 1.165) is 25.2 Å². The first kappa shape index (κ1) is 12.3. The van der Waals surface area contributed by atoms with Crippen molar-refractivity contribution < 1.29 is 9.13 Å². The molecule has 1 heterocycles. The Morgan fingerprint density at radius 3 is 2.82 bits per heavy atom. The van der Waals surface area contributed by atoms with Crippen molar-refractivity contribution in [2.75, 3.05) is 33.8 Å². The summed E-state index contributed by atoms with van der Waals surface area (Å²) in [7, 11) is 3.55. The quantitative estimate of drug-likeness (QED) is 0.846. The molecule has 3 nitrogen and oxygen atoms in total. The smallest absolute Gasteiger partial charge is 0.165 e. The van der Waals surface area contributed by atoms with Crippen LogP contribution in [0.3, 0.4) is 0 Å². The molecule has 1 aliphatic heterocycles. The highest BCUT2D eigenvalue weighted by atomic mass is 19.1. The van der Waals surface area contributed by atoms with Gasteiger partial charge in [-0.3, -0.25) is 4.90 Å². The average Bonchev–Trinajstić information content (AvgIpc) is 2.33. The van der Waals surface area contributed by atoms with E-state index in [1.807, 2.05) is 6.07 Å². The van der Waals surface area contributed by atoms with E-state index in [2.05, 4.69) is 24.2 Å². The third-order valence-corrected chi connectivity index (χ3v) is 3.71. The molecule has 1 aromatic rings. The number of halogens is 1. The summed E-state index contributed by atoms with van der Waals surface area (Å²) in [5, 5.41) is 3.36. The summed E-state index contributed by atoms with van der Waals surface area (Å²) >= 11 is 0. The molecule has 1 atom stereocenters. The van der Waals surface area contributed by atoms with Gasteiger partial charge in [-0.15, -0.1) is 0 Å². The fourth-order valence-electron chi connectivity index (χ4n) is 2.28. The lowest BCUT2D eigenvalue weighted by Gasteiger charge is -2.43. The maximum absolute atomic E-state index is 13.7. The van der Waals surface area contributed by atoms with Gasteiger partial charge in [-0.2, -0.15) is 0 Å². The summed E-state index contributed by atoms with van der Waals surface area (Å²) in [4.78, 5) is 2.25. The van der Waals surface area contributed by atoms with Crippen molar-refractivity contribution in [3.63, 3.8) is 0 Å². The van der Waals surface area contributed by atoms with Crippen molar-refractivity contribution in [2.45, 2.75) is 12.5 Å². The monoisotopic (exact) mass is 238 g/mol. The highest BCUT2D eigenvalue weighted by Crippen LogP contribution is 2.30. The SMILES string of the molecule is COc1ccc(C2(C)CNCCN2C)cc1F. The van der Waals surface area contributed by atoms with Gasteiger partial charge in [0.1, 0.15) is 0 Å². The van der Waals surface area contributed by atoms with Gasteiger partial charge < -0.3 is 10.1 Å². The predicted molar refractivity (Wildman–Crippen MR) is 65.8 cm³/mol. The summed E-state index contributed by atoms with van der Waals surface area (Å²) < 4.78 is 18.7. The lowest BCUT2D eigenvalue weighted by Crippen LogP contribution is -2.55. The van der Waals surface area contributed by atoms with Crippen LogP contribution in [0.25, 0.3) is 0 Å². The van der Waals surface area contributed by atoms with Gasteiger partial charge in [0.05, 0.1) is 12.6 Å². The number of rotatable bonds is 2. The Morgan fingerprint density at radius 2 is 2.24 bits per heavy atom. The molecular formula is C13H19FN2O. The molecular weight excluding hydrogens is 219 g/mol. The van der Waals surface area contributed by atoms with Crippen molar-refractivity contribution in [3.8, 4) is 5.75 Å². The van der Waals surface area contributed by atoms with Crippen LogP contribution in [0.2, 0.25) is 0 Å². The average molecular weight is 238 g/mol. The molecule has 4 heteroatoms. The number of nitrogens with one attached hydrogen (secondary N) is 1. The Hall–Kier alpha value is -1.13. The largest absolute Gasteiger partial charge is 0.494 e. The van der Waals surface area contributed by atoms with E-state index < -0.39 is 0 Å². The van der Waals surface area contributed by atoms with Crippen molar-refractivity contribution in [3.05, 3.63) is 29.6 Å². The summed E-state index contributed by atoms with van der Waals surface area (Å²) in [5.41, 5.74) is 0.816. The molecule has 0 radical (unpaired) electrons. The zero-order valence-electron chi connectivity index (χ0n) is 10.6. The van der Waals surface area contributed by atoms with Crippen molar-refractivity contribution >= 4 is 0 Å². The molecule has 0 saturated carbocycles. The number of nitrogens with zero attached hydrogens (tertiary/aromatic N) is 1. The molecule has 1 N–H and O–H groups in total. The van der Waals surface area contributed by atoms with Crippen molar-refractivity contribution in [1.82, 2.24) is 10.2 Å². The van der Waals surface area contributed by atoms with Gasteiger partial charge >= 0.3 is 0 Å². The summed E-state index contributed by atoms with van der Waals surface area (Å²) in [6, 6.07) is 5.20. The van der Waals surface area contributed by atoms with Crippen LogP contribution in [-0.4, -0.2) is 38.7 Å². The minimum Gasteiger partial charge on any atom is -0.494 e. The summed E-state index contributed by atoms with van der Waals surface area (Å²) in [6.45, 7) is 4.89. The van der Waals surface area contributed by atoms with E-state index in [0.29, 0.717) is 5.75 Å². The summed E-state index contributed by atoms with van der Waals surface area (Å²) in [5.74, 6) is -0.00558. The molecule has 94 valence electrons. The van der Waals surface area contributed by atoms with E-state index >= 15 is 0 Å². The molecule has 1 fully saturated rings. The lowest BCUT2D eigenvalue weighted by molar-refractivity contribution is 0.103. The number of piperazine rings is 1. The standard InChI is InChI=1S/C13H19FN2O/c1-13(9-15-6-7-16(13)2)10-4-5-12(17-3)11(14)8-10/h4-5,8,15H,6-7,9H2,1-3H3. The van der Waals surface area contributed by atoms with Crippen LogP contribution in [0.5, 0.6) is 5.75 Å². The van der Waals surface area contributed by atoms with E-state index in [1.54, 1.807) is 12.1 Å². The Kier molecular flexibility index (Phi) is 3.35. The molecule has 0 aliphatic carbocycles. The molecule has 17 heavy (non-hydrogen) atoms. The Balaban J connectivity index is 2.35. The fourth-order valence-corrected chi connectivity index (χ4v) is 2.28. The maximum Gasteiger partial charge on any atom is 0.165 e. The number of methoxy groups -OCH3 is 1. The van der Waals surface area contributed by atoms with Crippen molar-refractivity contribution in [2.24, 2.45) is 0 Å². The van der Waals surface area contributed by atoms with Crippen LogP contribution in [0.4, 0.5) is 4.39 Å². The predicted octanol–water partition coefficient (Wildman–Crippen LogP) is 1.58. The zero-order chi connectivity index (χ0) is 12.5. The molecule has 0 aromatic heterocycles. The van der Waals surface area contributed by atoms with Gasteiger partial charge in [0.15, 0.2) is 11.6 Å². The topological polar surface area (TPSA) is 24.5 Å². The van der Waals surface area contributed by atoms with Crippen LogP contribution in [-0.2, 0) is 5.54 Å². The van der Waals surface area contributed by atoms with E-state index in [-0.39, 0.29) is 11.4 Å². The first-order valence-corrected chi connectivity index (χ1v) is 5.84. The molecule has 1 aliphatic rings. The maximum atomic E-state index is 13.7. The van der Waals surface area contributed by atoms with E-state index in [4.69, 9.17) is 4.74 Å². The normalized spacial score (nSPS) is 25.9. The Labute approximate surface area is 102 Å². The van der Waals surface area contributed by atoms with Gasteiger partial charge in [0.25, 0.3) is 0 Å². The van der Waals surface area contributed by atoms with Gasteiger partial charge in [0, 0.05) is 19.6 Å². The number of benzene rings is 1. The van der Waals surface area contributed by atoms with Gasteiger partial charge in [-0.05, 0) is 31.7 Å². The first-order chi connectivity index (χ1) is 8.08. The second-order valence-electron chi connectivity index (χ2n) is 4.72. The second kappa shape index (κ2) is 4.63. The number of likely N-dealkylation sites (N-methyl/N-ethyl adjacent to an activating group) is 1. The molecule has 2 rings (SSSR count). The lowest BCUT2D eigenvalue weighted by atomic mass is 9.88. The van der Waals surface area contributed by atoms with Crippen LogP contribution >= 0.6 is 0 Å². The number of ether oxygens (including phenoxy) is 1. The molecule has 1 unspecified atom stereocenters. The first-order valence-electron chi connectivity index (χ1n) is 5.84. The highest BCUT2D eigenvalue weighted by Gasteiger charge is 2.34. The van der Waals surface area contributed by atoms with Gasteiger partial charge in [-0.25, -0.2) is 4.39 Å². The molecule has 0 amide bonds. The Bertz CT molecular complexity index is 410. The number of hydrogen-bond acceptors (Lipinski definition) is 3. The third kappa shape index (κ3) is 2.15. The van der Waals surface area contributed by atoms with Gasteiger partial charge in [-0.1, -0.05) is 6.07 Å². The van der Waals surface area contributed by atoms with Crippen LogP contribution in [0, 0.1) is 5.82 Å². The minimum atomic E-state index is -0.301. The van der Waals surface area contributed by atoms with E-state index in [9.17, 15) is 4.39 Å². The highest BCUT2D eigenvalue weighted by molar-refractivity contribution is 5.33. The Morgan fingerprint density at radius 1 is 1.47 bits per heavy atom. The van der Waals surface area contributed by atoms with E-state index in [1.165, 1.54) is 7.11 Å². The van der Waals surface area contributed by atoms with Crippen molar-refractivity contribution in [1.29, 1.82) is 0 Å². The van der Waals surface area contributed by atoms with Crippen LogP contribution in [0.15, 0.2) is 18.2 Å². The van der Waals surface area contributed by atoms with Crippen LogP contribution in [0.1, 0.15) is 12.5 Å². The molecule has 0 spiro atoms. The minimum absolute atomic E-state index is 0.161. The fraction of sp³-hybridized carbons (Fsp3) is 0.538. The molecule has 1 saturated heterocycles. The zero-order valence-corrected chi connectivity index (χ0v) is 10.6. The second-order valence-corrected chi connectivity index (χ2v) is 4.72.